The Hall–Kier alpha value is -2.09. The first kappa shape index (κ1) is 23.9. The zero-order valence-electron chi connectivity index (χ0n) is 14.3. The van der Waals surface area contributed by atoms with E-state index in [1.165, 1.54) is 0 Å². The van der Waals surface area contributed by atoms with Crippen molar-refractivity contribution in [1.29, 1.82) is 5.26 Å². The van der Waals surface area contributed by atoms with Gasteiger partial charge >= 0.3 is 45.0 Å². The molecule has 14 heteroatoms. The Kier molecular flexibility index (Phi) is 7.42. The number of hydrogen-bond acceptors (Lipinski definition) is 5. The third kappa shape index (κ3) is 13.2. The molecule has 0 spiro atoms. The van der Waals surface area contributed by atoms with Gasteiger partial charge in [0, 0.05) is 0 Å². The summed E-state index contributed by atoms with van der Waals surface area (Å²) >= 11 is 0. The van der Waals surface area contributed by atoms with E-state index in [2.05, 4.69) is 5.16 Å². The Morgan fingerprint density at radius 2 is 1.65 bits per heavy atom. The normalized spacial score (nSPS) is 17.1. The van der Waals surface area contributed by atoms with Crippen molar-refractivity contribution < 1.29 is 44.1 Å². The van der Waals surface area contributed by atoms with Gasteiger partial charge in [-0.2, -0.15) is 5.26 Å². The Labute approximate surface area is 145 Å². The molecule has 0 saturated carbocycles. The molecule has 1 aliphatic rings. The van der Waals surface area contributed by atoms with E-state index in [-0.39, 0.29) is 12.3 Å². The number of carbonyl (C=O) groups is 1. The Bertz CT molecular complexity index is 605. The second-order valence-corrected chi connectivity index (χ2v) is 7.11. The number of carbonyl (C=O) groups excluding carboxylic acids is 1. The van der Waals surface area contributed by atoms with Crippen LogP contribution in [-0.2, 0) is 14.4 Å². The summed E-state index contributed by atoms with van der Waals surface area (Å²) in [4.78, 5) is 18.6. The van der Waals surface area contributed by atoms with Crippen molar-refractivity contribution in [2.75, 3.05) is 33.8 Å². The van der Waals surface area contributed by atoms with Crippen LogP contribution in [-0.4, -0.2) is 61.0 Å². The number of amidine groups is 1. The third-order valence-electron chi connectivity index (χ3n) is 2.55. The molecule has 0 unspecified atom stereocenters. The molecule has 0 aromatic rings. The van der Waals surface area contributed by atoms with Gasteiger partial charge in [-0.15, -0.1) is 0 Å². The van der Waals surface area contributed by atoms with Gasteiger partial charge in [0.1, 0.15) is 6.07 Å². The van der Waals surface area contributed by atoms with Crippen LogP contribution in [0.1, 0.15) is 19.8 Å². The van der Waals surface area contributed by atoms with Crippen LogP contribution in [0.3, 0.4) is 0 Å². The van der Waals surface area contributed by atoms with Crippen LogP contribution < -0.4 is 0 Å². The van der Waals surface area contributed by atoms with E-state index in [4.69, 9.17) is 14.8 Å². The number of ether oxygens (including phenoxy) is 1. The topological polar surface area (TPSA) is 77.9 Å². The first-order valence-electron chi connectivity index (χ1n) is 7.23. The van der Waals surface area contributed by atoms with Crippen LogP contribution in [0, 0.1) is 11.3 Å². The zero-order valence-corrected chi connectivity index (χ0v) is 15.2. The van der Waals surface area contributed by atoms with Crippen molar-refractivity contribution in [2.24, 2.45) is 5.16 Å². The molecule has 0 radical (unpaired) electrons. The van der Waals surface area contributed by atoms with Crippen molar-refractivity contribution >= 4 is 25.5 Å². The number of nitrogens with zero attached hydrogens (tertiary/aromatic N) is 4. The van der Waals surface area contributed by atoms with Gasteiger partial charge in [-0.05, 0) is 19.8 Å². The second-order valence-electron chi connectivity index (χ2n) is 5.19. The van der Waals surface area contributed by atoms with Crippen LogP contribution in [0.4, 0.5) is 25.2 Å². The van der Waals surface area contributed by atoms with Crippen LogP contribution in [0.5, 0.6) is 0 Å². The molecule has 0 N–H and O–H groups in total. The van der Waals surface area contributed by atoms with Crippen LogP contribution in [0.15, 0.2) is 5.16 Å². The van der Waals surface area contributed by atoms with E-state index in [0.717, 1.165) is 25.9 Å². The standard InChI is InChI=1S/C12H19N4O3.F6P/c1-4-18-11(17)10(9-13)14-19-12(15(2)3)16-7-5-6-8-16;1-7(2,3,4,5)6/h4-8H2,1-3H3;/q+1;-1/b14-10+;. The fraction of sp³-hybridized carbons (Fsp3) is 0.667. The molecule has 1 rings (SSSR count). The summed E-state index contributed by atoms with van der Waals surface area (Å²) in [5, 5.41) is 12.4. The molecule has 152 valence electrons. The molecule has 0 aliphatic carbocycles. The predicted molar refractivity (Wildman–Crippen MR) is 82.3 cm³/mol. The van der Waals surface area contributed by atoms with E-state index in [0.29, 0.717) is 6.02 Å². The molecule has 0 atom stereocenters. The molecular formula is C12H19F6N4O3P. The number of esters is 1. The minimum absolute atomic E-state index is 0.190. The van der Waals surface area contributed by atoms with Crippen LogP contribution in [0.2, 0.25) is 0 Å². The molecule has 26 heavy (non-hydrogen) atoms. The monoisotopic (exact) mass is 412 g/mol. The molecule has 0 aromatic carbocycles. The second kappa shape index (κ2) is 8.07. The average molecular weight is 412 g/mol. The molecule has 1 saturated heterocycles. The third-order valence-corrected chi connectivity index (χ3v) is 2.55. The number of hydrogen-bond donors (Lipinski definition) is 0. The molecular weight excluding hydrogens is 393 g/mol. The molecule has 7 nitrogen and oxygen atoms in total. The average Bonchev–Trinajstić information content (AvgIpc) is 2.93. The summed E-state index contributed by atoms with van der Waals surface area (Å²) in [5.41, 5.74) is -0.389. The predicted octanol–water partition coefficient (Wildman–Crippen LogP) is 3.55. The molecule has 0 aromatic heterocycles. The van der Waals surface area contributed by atoms with E-state index < -0.39 is 13.8 Å². The van der Waals surface area contributed by atoms with Gasteiger partial charge in [0.25, 0.3) is 5.71 Å². The number of halogens is 6. The first-order chi connectivity index (χ1) is 11.5. The summed E-state index contributed by atoms with van der Waals surface area (Å²) in [6, 6.07) is 2.19. The zero-order chi connectivity index (χ0) is 20.7. The molecule has 0 bridgehead atoms. The van der Waals surface area contributed by atoms with Gasteiger partial charge in [0.2, 0.25) is 0 Å². The number of rotatable bonds is 3. The maximum absolute atomic E-state index is 11.4. The van der Waals surface area contributed by atoms with Crippen LogP contribution >= 0.6 is 7.81 Å². The number of nitriles is 1. The maximum atomic E-state index is 11.4. The summed E-state index contributed by atoms with van der Waals surface area (Å²) in [6.45, 7) is 3.61. The summed E-state index contributed by atoms with van der Waals surface area (Å²) < 4.78 is 65.7. The van der Waals surface area contributed by atoms with E-state index in [9.17, 15) is 30.0 Å². The fourth-order valence-electron chi connectivity index (χ4n) is 1.72. The van der Waals surface area contributed by atoms with Crippen molar-refractivity contribution in [3.63, 3.8) is 0 Å². The van der Waals surface area contributed by atoms with Gasteiger partial charge in [-0.3, -0.25) is 4.84 Å². The number of oxime groups is 1. The van der Waals surface area contributed by atoms with Gasteiger partial charge in [0.15, 0.2) is 0 Å². The van der Waals surface area contributed by atoms with Crippen LogP contribution in [0.25, 0.3) is 0 Å². The summed E-state index contributed by atoms with van der Waals surface area (Å²) in [6.07, 6.45) is 2.18. The van der Waals surface area contributed by atoms with E-state index >= 15 is 0 Å². The van der Waals surface area contributed by atoms with Gasteiger partial charge in [0.05, 0.1) is 33.8 Å². The van der Waals surface area contributed by atoms with Gasteiger partial charge < -0.3 is 4.74 Å². The Morgan fingerprint density at radius 1 is 1.19 bits per heavy atom. The molecule has 1 heterocycles. The summed E-state index contributed by atoms with van der Waals surface area (Å²) in [5.74, 6) is -0.774. The minimum atomic E-state index is -10.7. The Balaban J connectivity index is 0.000000758. The number of likely N-dealkylation sites (tertiary alicyclic amines) is 1. The summed E-state index contributed by atoms with van der Waals surface area (Å²) in [7, 11) is -7.02. The van der Waals surface area contributed by atoms with Crippen molar-refractivity contribution in [2.45, 2.75) is 19.8 Å². The molecule has 0 amide bonds. The van der Waals surface area contributed by atoms with Gasteiger partial charge in [-0.1, -0.05) is 5.16 Å². The van der Waals surface area contributed by atoms with Crippen molar-refractivity contribution in [3.05, 3.63) is 0 Å². The SMILES string of the molecule is CCOC(=O)/C(C#N)=N/OC(N1CCCC1)=[N+](C)C.F[P-](F)(F)(F)(F)F. The van der Waals surface area contributed by atoms with E-state index in [1.807, 2.05) is 19.0 Å². The first-order valence-corrected chi connectivity index (χ1v) is 9.25. The fourth-order valence-corrected chi connectivity index (χ4v) is 1.72. The quantitative estimate of drug-likeness (QED) is 0.135. The molecule has 1 fully saturated rings. The van der Waals surface area contributed by atoms with Gasteiger partial charge in [-0.25, -0.2) is 14.3 Å². The van der Waals surface area contributed by atoms with Crippen molar-refractivity contribution in [3.8, 4) is 6.07 Å². The van der Waals surface area contributed by atoms with Crippen molar-refractivity contribution in [1.82, 2.24) is 4.90 Å². The van der Waals surface area contributed by atoms with E-state index in [1.54, 1.807) is 17.6 Å². The molecule has 1 aliphatic heterocycles. The Morgan fingerprint density at radius 3 is 2.00 bits per heavy atom.